The van der Waals surface area contributed by atoms with Gasteiger partial charge in [0.05, 0.1) is 12.0 Å². The van der Waals surface area contributed by atoms with Crippen molar-refractivity contribution in [1.82, 2.24) is 10.2 Å². The Morgan fingerprint density at radius 1 is 1.58 bits per heavy atom. The zero-order chi connectivity index (χ0) is 14.2. The molecule has 0 saturated carbocycles. The number of nitrogens with zero attached hydrogens (tertiary/aromatic N) is 1. The van der Waals surface area contributed by atoms with Gasteiger partial charge in [-0.25, -0.2) is 4.79 Å². The van der Waals surface area contributed by atoms with Crippen molar-refractivity contribution in [3.8, 4) is 0 Å². The monoisotopic (exact) mass is 286 g/mol. The molecule has 2 heterocycles. The number of amides is 1. The van der Waals surface area contributed by atoms with Crippen LogP contribution in [0.25, 0.3) is 0 Å². The zero-order valence-corrected chi connectivity index (χ0v) is 11.7. The van der Waals surface area contributed by atoms with Gasteiger partial charge in [-0.05, 0) is 19.9 Å². The van der Waals surface area contributed by atoms with E-state index in [0.717, 1.165) is 13.0 Å². The molecule has 0 radical (unpaired) electrons. The number of hydrogen-bond acceptors (Lipinski definition) is 5. The molecule has 0 aromatic rings. The van der Waals surface area contributed by atoms with Gasteiger partial charge in [-0.2, -0.15) is 0 Å². The Hall–Kier alpha value is -1.05. The van der Waals surface area contributed by atoms with Crippen LogP contribution in [-0.4, -0.2) is 51.6 Å². The number of rotatable bonds is 6. The lowest BCUT2D eigenvalue weighted by molar-refractivity contribution is -0.156. The maximum atomic E-state index is 11.9. The summed E-state index contributed by atoms with van der Waals surface area (Å²) < 4.78 is 0. The van der Waals surface area contributed by atoms with E-state index in [-0.39, 0.29) is 17.0 Å². The zero-order valence-electron chi connectivity index (χ0n) is 10.9. The van der Waals surface area contributed by atoms with Gasteiger partial charge in [-0.3, -0.25) is 9.69 Å². The van der Waals surface area contributed by atoms with Crippen molar-refractivity contribution in [2.45, 2.75) is 31.7 Å². The molecule has 106 valence electrons. The van der Waals surface area contributed by atoms with Crippen molar-refractivity contribution in [2.75, 3.05) is 13.1 Å². The van der Waals surface area contributed by atoms with E-state index in [2.05, 4.69) is 5.32 Å². The molecule has 2 aliphatic heterocycles. The molecule has 3 N–H and O–H groups in total. The van der Waals surface area contributed by atoms with Gasteiger partial charge in [0.1, 0.15) is 11.1 Å². The number of carbonyl (C=O) groups is 2. The van der Waals surface area contributed by atoms with E-state index >= 15 is 0 Å². The van der Waals surface area contributed by atoms with Crippen LogP contribution in [-0.2, 0) is 9.59 Å². The minimum absolute atomic E-state index is 0.0699. The van der Waals surface area contributed by atoms with Gasteiger partial charge in [0.2, 0.25) is 5.91 Å². The van der Waals surface area contributed by atoms with Crippen molar-refractivity contribution in [2.24, 2.45) is 5.92 Å². The maximum Gasteiger partial charge on any atom is 0.353 e. The second kappa shape index (κ2) is 5.52. The molecule has 0 bridgehead atoms. The second-order valence-corrected chi connectivity index (χ2v) is 5.95. The number of β-lactam (4-membered cyclic amide) rings is 1. The molecular formula is C12H18N2O4S. The summed E-state index contributed by atoms with van der Waals surface area (Å²) in [6, 6.07) is 0. The summed E-state index contributed by atoms with van der Waals surface area (Å²) in [5.41, 5.74) is 0.0699. The Morgan fingerprint density at radius 3 is 2.79 bits per heavy atom. The average molecular weight is 286 g/mol. The summed E-state index contributed by atoms with van der Waals surface area (Å²) in [4.78, 5) is 25.2. The molecule has 2 rings (SSSR count). The first-order valence-corrected chi connectivity index (χ1v) is 7.22. The number of carboxylic acids is 1. The predicted molar refractivity (Wildman–Crippen MR) is 71.2 cm³/mol. The molecule has 1 saturated heterocycles. The Bertz CT molecular complexity index is 435. The van der Waals surface area contributed by atoms with Crippen LogP contribution in [0, 0.1) is 5.92 Å². The Kier molecular flexibility index (Phi) is 4.17. The third-order valence-corrected chi connectivity index (χ3v) is 4.65. The minimum Gasteiger partial charge on any atom is -0.477 e. The fourth-order valence-electron chi connectivity index (χ4n) is 2.36. The van der Waals surface area contributed by atoms with E-state index in [0.29, 0.717) is 11.4 Å². The van der Waals surface area contributed by atoms with Gasteiger partial charge >= 0.3 is 5.97 Å². The van der Waals surface area contributed by atoms with Crippen molar-refractivity contribution in [1.29, 1.82) is 0 Å². The summed E-state index contributed by atoms with van der Waals surface area (Å²) in [7, 11) is 0. The molecule has 2 aliphatic rings. The van der Waals surface area contributed by atoms with Crippen molar-refractivity contribution < 1.29 is 19.8 Å². The topological polar surface area (TPSA) is 89.9 Å². The van der Waals surface area contributed by atoms with Crippen LogP contribution in [0.1, 0.15) is 20.3 Å². The molecule has 3 atom stereocenters. The number of nitrogens with one attached hydrogen (secondary N) is 1. The van der Waals surface area contributed by atoms with Crippen LogP contribution in [0.3, 0.4) is 0 Å². The first-order valence-electron chi connectivity index (χ1n) is 6.34. The molecule has 6 nitrogen and oxygen atoms in total. The highest BCUT2D eigenvalue weighted by Crippen LogP contribution is 2.49. The normalized spacial score (nSPS) is 27.3. The molecule has 19 heavy (non-hydrogen) atoms. The molecule has 7 heteroatoms. The largest absolute Gasteiger partial charge is 0.477 e. The highest BCUT2D eigenvalue weighted by atomic mass is 32.2. The van der Waals surface area contributed by atoms with E-state index in [1.165, 1.54) is 16.7 Å². The SMILES string of the molecule is CCCNCC1=C(C(=O)O)N2C(=O)[C@H]([C@@H](C)O)[C@H]2S1. The van der Waals surface area contributed by atoms with Crippen molar-refractivity contribution in [3.05, 3.63) is 10.6 Å². The van der Waals surface area contributed by atoms with E-state index in [4.69, 9.17) is 0 Å². The lowest BCUT2D eigenvalue weighted by Gasteiger charge is -2.43. The molecule has 0 aliphatic carbocycles. The fraction of sp³-hybridized carbons (Fsp3) is 0.667. The molecule has 1 amide bonds. The number of thioether (sulfide) groups is 1. The summed E-state index contributed by atoms with van der Waals surface area (Å²) in [6.07, 6.45) is 0.210. The lowest BCUT2D eigenvalue weighted by atomic mass is 9.92. The van der Waals surface area contributed by atoms with E-state index in [1.807, 2.05) is 6.92 Å². The van der Waals surface area contributed by atoms with E-state index in [1.54, 1.807) is 6.92 Å². The van der Waals surface area contributed by atoms with Crippen molar-refractivity contribution >= 4 is 23.6 Å². The van der Waals surface area contributed by atoms with Gasteiger partial charge in [0.15, 0.2) is 0 Å². The highest BCUT2D eigenvalue weighted by molar-refractivity contribution is 8.04. The van der Waals surface area contributed by atoms with Crippen LogP contribution in [0.5, 0.6) is 0 Å². The van der Waals surface area contributed by atoms with Gasteiger partial charge in [0, 0.05) is 11.4 Å². The molecule has 0 spiro atoms. The number of fused-ring (bicyclic) bond motifs is 1. The van der Waals surface area contributed by atoms with Crippen molar-refractivity contribution in [3.63, 3.8) is 0 Å². The smallest absolute Gasteiger partial charge is 0.353 e. The van der Waals surface area contributed by atoms with Crippen LogP contribution < -0.4 is 5.32 Å². The second-order valence-electron chi connectivity index (χ2n) is 4.74. The van der Waals surface area contributed by atoms with E-state index < -0.39 is 18.0 Å². The number of aliphatic hydroxyl groups excluding tert-OH is 1. The number of hydrogen-bond donors (Lipinski definition) is 3. The van der Waals surface area contributed by atoms with Crippen LogP contribution in [0.4, 0.5) is 0 Å². The summed E-state index contributed by atoms with van der Waals surface area (Å²) >= 11 is 1.37. The summed E-state index contributed by atoms with van der Waals surface area (Å²) in [6.45, 7) is 4.85. The molecule has 0 aromatic heterocycles. The molecule has 0 aromatic carbocycles. The quantitative estimate of drug-likeness (QED) is 0.477. The lowest BCUT2D eigenvalue weighted by Crippen LogP contribution is -2.60. The number of aliphatic carboxylic acids is 1. The third kappa shape index (κ3) is 2.37. The predicted octanol–water partition coefficient (Wildman–Crippen LogP) is 0.194. The maximum absolute atomic E-state index is 11.9. The molecular weight excluding hydrogens is 268 g/mol. The molecule has 0 unspecified atom stereocenters. The fourth-order valence-corrected chi connectivity index (χ4v) is 3.94. The van der Waals surface area contributed by atoms with Gasteiger partial charge < -0.3 is 15.5 Å². The first-order chi connectivity index (χ1) is 8.99. The molecule has 1 fully saturated rings. The number of carbonyl (C=O) groups excluding carboxylic acids is 1. The summed E-state index contributed by atoms with van der Waals surface area (Å²) in [5, 5.41) is 21.7. The van der Waals surface area contributed by atoms with E-state index in [9.17, 15) is 19.8 Å². The van der Waals surface area contributed by atoms with Gasteiger partial charge in [0.25, 0.3) is 0 Å². The number of carboxylic acid groups (broad SMARTS) is 1. The third-order valence-electron chi connectivity index (χ3n) is 3.29. The minimum atomic E-state index is -1.08. The summed E-state index contributed by atoms with van der Waals surface area (Å²) in [5.74, 6) is -1.88. The van der Waals surface area contributed by atoms with Gasteiger partial charge in [-0.15, -0.1) is 11.8 Å². The Balaban J connectivity index is 2.14. The van der Waals surface area contributed by atoms with Crippen LogP contribution >= 0.6 is 11.8 Å². The standard InChI is InChI=1S/C12H18N2O4S/c1-3-4-13-5-7-9(12(17)18)14-10(16)8(6(2)15)11(14)19-7/h6,8,11,13,15H,3-5H2,1-2H3,(H,17,18)/t6-,8+,11-/m1/s1. The van der Waals surface area contributed by atoms with Gasteiger partial charge in [-0.1, -0.05) is 6.92 Å². The first kappa shape index (κ1) is 14.4. The average Bonchev–Trinajstić information content (AvgIpc) is 2.64. The van der Waals surface area contributed by atoms with Crippen LogP contribution in [0.15, 0.2) is 10.6 Å². The number of aliphatic hydroxyl groups is 1. The Morgan fingerprint density at radius 2 is 2.26 bits per heavy atom. The Labute approximate surface area is 115 Å². The highest BCUT2D eigenvalue weighted by Gasteiger charge is 2.57. The van der Waals surface area contributed by atoms with Crippen LogP contribution in [0.2, 0.25) is 0 Å².